The second-order valence-electron chi connectivity index (χ2n) is 3.04. The van der Waals surface area contributed by atoms with E-state index < -0.39 is 12.0 Å². The van der Waals surface area contributed by atoms with E-state index in [0.29, 0.717) is 5.56 Å². The largest absolute Gasteiger partial charge is 0.389 e. The van der Waals surface area contributed by atoms with Gasteiger partial charge >= 0.3 is 0 Å². The second kappa shape index (κ2) is 3.38. The van der Waals surface area contributed by atoms with Crippen LogP contribution < -0.4 is 0 Å². The highest BCUT2D eigenvalue weighted by Gasteiger charge is 2.25. The molecule has 0 saturated carbocycles. The summed E-state index contributed by atoms with van der Waals surface area (Å²) < 4.78 is 25.3. The van der Waals surface area contributed by atoms with Crippen molar-refractivity contribution in [2.24, 2.45) is 0 Å². The van der Waals surface area contributed by atoms with Gasteiger partial charge in [-0.2, -0.15) is 8.78 Å². The molecule has 0 radical (unpaired) electrons. The van der Waals surface area contributed by atoms with Gasteiger partial charge in [-0.15, -0.1) is 0 Å². The zero-order valence-electron chi connectivity index (χ0n) is 7.46. The van der Waals surface area contributed by atoms with Gasteiger partial charge in [0.2, 0.25) is 0 Å². The van der Waals surface area contributed by atoms with Crippen LogP contribution in [0.25, 0.3) is 0 Å². The van der Waals surface area contributed by atoms with E-state index in [1.165, 1.54) is 18.3 Å². The summed E-state index contributed by atoms with van der Waals surface area (Å²) in [5, 5.41) is 9.09. The molecule has 0 saturated heterocycles. The quantitative estimate of drug-likeness (QED) is 0.770. The predicted molar refractivity (Wildman–Crippen MR) is 44.4 cm³/mol. The zero-order chi connectivity index (χ0) is 10.1. The Kier molecular flexibility index (Phi) is 2.61. The molecule has 0 spiro atoms. The molecule has 0 aliphatic rings. The van der Waals surface area contributed by atoms with Crippen LogP contribution in [0.5, 0.6) is 0 Å². The molecule has 0 bridgehead atoms. The van der Waals surface area contributed by atoms with Crippen LogP contribution in [-0.4, -0.2) is 10.1 Å². The lowest BCUT2D eigenvalue weighted by molar-refractivity contribution is 0.0126. The first-order chi connectivity index (χ1) is 5.91. The SMILES string of the molecule is CC(O)c1ccc(C(C)(F)F)nc1. The monoisotopic (exact) mass is 187 g/mol. The van der Waals surface area contributed by atoms with Gasteiger partial charge in [-0.25, -0.2) is 0 Å². The molecule has 0 aliphatic carbocycles. The minimum atomic E-state index is -2.92. The van der Waals surface area contributed by atoms with Crippen LogP contribution >= 0.6 is 0 Å². The summed E-state index contributed by atoms with van der Waals surface area (Å²) in [4.78, 5) is 3.56. The summed E-state index contributed by atoms with van der Waals surface area (Å²) in [5.74, 6) is -2.92. The first-order valence-corrected chi connectivity index (χ1v) is 3.93. The predicted octanol–water partition coefficient (Wildman–Crippen LogP) is 2.25. The highest BCUT2D eigenvalue weighted by atomic mass is 19.3. The van der Waals surface area contributed by atoms with Gasteiger partial charge < -0.3 is 5.11 Å². The molecule has 1 atom stereocenters. The van der Waals surface area contributed by atoms with Gasteiger partial charge in [0.1, 0.15) is 5.69 Å². The lowest BCUT2D eigenvalue weighted by Crippen LogP contribution is -2.09. The van der Waals surface area contributed by atoms with Crippen molar-refractivity contribution in [2.45, 2.75) is 25.9 Å². The Hall–Kier alpha value is -1.03. The molecular formula is C9H11F2NO. The number of aliphatic hydroxyl groups excluding tert-OH is 1. The summed E-state index contributed by atoms with van der Waals surface area (Å²) in [6, 6.07) is 2.67. The number of halogens is 2. The molecule has 72 valence electrons. The molecule has 0 aromatic carbocycles. The molecular weight excluding hydrogens is 176 g/mol. The summed E-state index contributed by atoms with van der Waals surface area (Å²) >= 11 is 0. The molecule has 13 heavy (non-hydrogen) atoms. The number of rotatable bonds is 2. The maximum Gasteiger partial charge on any atom is 0.286 e. The lowest BCUT2D eigenvalue weighted by atomic mass is 10.1. The van der Waals surface area contributed by atoms with E-state index in [-0.39, 0.29) is 5.69 Å². The van der Waals surface area contributed by atoms with E-state index in [0.717, 1.165) is 6.92 Å². The summed E-state index contributed by atoms with van der Waals surface area (Å²) in [6.45, 7) is 2.35. The van der Waals surface area contributed by atoms with Crippen LogP contribution in [0, 0.1) is 0 Å². The molecule has 1 rings (SSSR count). The van der Waals surface area contributed by atoms with Crippen LogP contribution in [0.4, 0.5) is 8.78 Å². The van der Waals surface area contributed by atoms with Crippen molar-refractivity contribution in [1.82, 2.24) is 4.98 Å². The number of nitrogens with zero attached hydrogens (tertiary/aromatic N) is 1. The van der Waals surface area contributed by atoms with Crippen molar-refractivity contribution in [1.29, 1.82) is 0 Å². The molecule has 2 nitrogen and oxygen atoms in total. The highest BCUT2D eigenvalue weighted by molar-refractivity contribution is 5.18. The maximum absolute atomic E-state index is 12.7. The van der Waals surface area contributed by atoms with Crippen molar-refractivity contribution in [2.75, 3.05) is 0 Å². The Morgan fingerprint density at radius 2 is 2.08 bits per heavy atom. The number of pyridine rings is 1. The summed E-state index contributed by atoms with van der Waals surface area (Å²) in [5.41, 5.74) is 0.255. The van der Waals surface area contributed by atoms with Crippen molar-refractivity contribution < 1.29 is 13.9 Å². The smallest absolute Gasteiger partial charge is 0.286 e. The van der Waals surface area contributed by atoms with Gasteiger partial charge in [0.15, 0.2) is 0 Å². The normalized spacial score (nSPS) is 14.2. The summed E-state index contributed by atoms with van der Waals surface area (Å²) in [7, 11) is 0. The standard InChI is InChI=1S/C9H11F2NO/c1-6(13)7-3-4-8(12-5-7)9(2,10)11/h3-6,13H,1-2H3. The maximum atomic E-state index is 12.7. The van der Waals surface area contributed by atoms with Crippen LogP contribution in [0.1, 0.15) is 31.2 Å². The van der Waals surface area contributed by atoms with Crippen molar-refractivity contribution in [3.63, 3.8) is 0 Å². The topological polar surface area (TPSA) is 33.1 Å². The van der Waals surface area contributed by atoms with E-state index in [1.54, 1.807) is 6.92 Å². The average molecular weight is 187 g/mol. The van der Waals surface area contributed by atoms with E-state index in [1.807, 2.05) is 0 Å². The van der Waals surface area contributed by atoms with Crippen molar-refractivity contribution >= 4 is 0 Å². The third-order valence-corrected chi connectivity index (χ3v) is 1.72. The fourth-order valence-electron chi connectivity index (χ4n) is 0.912. The highest BCUT2D eigenvalue weighted by Crippen LogP contribution is 2.25. The number of alkyl halides is 2. The Labute approximate surface area is 75.2 Å². The third kappa shape index (κ3) is 2.45. The van der Waals surface area contributed by atoms with Gasteiger partial charge in [0.05, 0.1) is 6.10 Å². The molecule has 0 amide bonds. The number of aliphatic hydroxyl groups is 1. The third-order valence-electron chi connectivity index (χ3n) is 1.72. The molecule has 1 unspecified atom stereocenters. The van der Waals surface area contributed by atoms with Gasteiger partial charge in [-0.1, -0.05) is 6.07 Å². The van der Waals surface area contributed by atoms with Crippen LogP contribution in [0.3, 0.4) is 0 Å². The molecule has 1 N–H and O–H groups in total. The fraction of sp³-hybridized carbons (Fsp3) is 0.444. The Morgan fingerprint density at radius 1 is 1.46 bits per heavy atom. The van der Waals surface area contributed by atoms with E-state index in [2.05, 4.69) is 4.98 Å². The zero-order valence-corrected chi connectivity index (χ0v) is 7.46. The molecule has 4 heteroatoms. The number of hydrogen-bond donors (Lipinski definition) is 1. The van der Waals surface area contributed by atoms with Gasteiger partial charge in [-0.05, 0) is 18.6 Å². The number of aromatic nitrogens is 1. The van der Waals surface area contributed by atoms with E-state index in [4.69, 9.17) is 5.11 Å². The van der Waals surface area contributed by atoms with Crippen LogP contribution in [-0.2, 0) is 5.92 Å². The lowest BCUT2D eigenvalue weighted by Gasteiger charge is -2.10. The van der Waals surface area contributed by atoms with E-state index >= 15 is 0 Å². The Morgan fingerprint density at radius 3 is 2.38 bits per heavy atom. The minimum Gasteiger partial charge on any atom is -0.389 e. The number of hydrogen-bond acceptors (Lipinski definition) is 2. The Balaban J connectivity index is 2.94. The van der Waals surface area contributed by atoms with Crippen LogP contribution in [0.2, 0.25) is 0 Å². The van der Waals surface area contributed by atoms with E-state index in [9.17, 15) is 8.78 Å². The second-order valence-corrected chi connectivity index (χ2v) is 3.04. The van der Waals surface area contributed by atoms with Gasteiger partial charge in [0.25, 0.3) is 5.92 Å². The Bertz CT molecular complexity index is 277. The fourth-order valence-corrected chi connectivity index (χ4v) is 0.912. The molecule has 1 aromatic rings. The van der Waals surface area contributed by atoms with Crippen molar-refractivity contribution in [3.8, 4) is 0 Å². The molecule has 1 aromatic heterocycles. The van der Waals surface area contributed by atoms with Gasteiger partial charge in [-0.3, -0.25) is 4.98 Å². The van der Waals surface area contributed by atoms with Crippen LogP contribution in [0.15, 0.2) is 18.3 Å². The summed E-state index contributed by atoms with van der Waals surface area (Å²) in [6.07, 6.45) is 0.587. The molecule has 0 fully saturated rings. The molecule has 0 aliphatic heterocycles. The van der Waals surface area contributed by atoms with Gasteiger partial charge in [0, 0.05) is 13.1 Å². The average Bonchev–Trinajstić information content (AvgIpc) is 2.03. The first kappa shape index (κ1) is 10.1. The first-order valence-electron chi connectivity index (χ1n) is 3.93. The molecule has 1 heterocycles. The van der Waals surface area contributed by atoms with Crippen molar-refractivity contribution in [3.05, 3.63) is 29.6 Å². The minimum absolute atomic E-state index is 0.281.